The lowest BCUT2D eigenvalue weighted by Gasteiger charge is -2.27. The first-order valence-electron chi connectivity index (χ1n) is 9.01. The minimum absolute atomic E-state index is 0.166. The van der Waals surface area contributed by atoms with Gasteiger partial charge in [0.25, 0.3) is 5.89 Å². The Morgan fingerprint density at radius 2 is 2.11 bits per heavy atom. The van der Waals surface area contributed by atoms with Crippen molar-refractivity contribution in [2.24, 2.45) is 7.05 Å². The monoisotopic (exact) mass is 367 g/mol. The van der Waals surface area contributed by atoms with Crippen LogP contribution in [0.25, 0.3) is 11.5 Å². The highest BCUT2D eigenvalue weighted by Crippen LogP contribution is 2.30. The molecule has 3 aromatic rings. The van der Waals surface area contributed by atoms with Crippen LogP contribution in [0.3, 0.4) is 0 Å². The van der Waals surface area contributed by atoms with E-state index >= 15 is 0 Å². The van der Waals surface area contributed by atoms with E-state index in [0.717, 1.165) is 31.2 Å². The molecular formula is C18H21N7O2. The summed E-state index contributed by atoms with van der Waals surface area (Å²) in [7, 11) is 1.83. The number of aromatic nitrogens is 5. The van der Waals surface area contributed by atoms with E-state index < -0.39 is 0 Å². The van der Waals surface area contributed by atoms with Gasteiger partial charge in [-0.2, -0.15) is 10.1 Å². The van der Waals surface area contributed by atoms with E-state index in [1.54, 1.807) is 40.3 Å². The molecule has 1 aliphatic heterocycles. The van der Waals surface area contributed by atoms with Gasteiger partial charge in [0.1, 0.15) is 0 Å². The highest BCUT2D eigenvalue weighted by atomic mass is 16.5. The molecule has 9 nitrogen and oxygen atoms in total. The number of carbonyl (C=O) groups is 1. The second-order valence-electron chi connectivity index (χ2n) is 6.58. The van der Waals surface area contributed by atoms with Crippen LogP contribution in [-0.2, 0) is 7.05 Å². The summed E-state index contributed by atoms with van der Waals surface area (Å²) in [5.74, 6) is 0.942. The maximum absolute atomic E-state index is 12.9. The number of hydrogen-bond acceptors (Lipinski definition) is 6. The first-order valence-corrected chi connectivity index (χ1v) is 9.01. The third-order valence-corrected chi connectivity index (χ3v) is 4.64. The van der Waals surface area contributed by atoms with Crippen LogP contribution in [0.15, 0.2) is 41.4 Å². The van der Waals surface area contributed by atoms with Crippen LogP contribution in [0.2, 0.25) is 0 Å². The molecule has 0 bridgehead atoms. The number of urea groups is 1. The highest BCUT2D eigenvalue weighted by molar-refractivity contribution is 5.89. The minimum atomic E-state index is -0.219. The molecule has 1 fully saturated rings. The van der Waals surface area contributed by atoms with Crippen molar-refractivity contribution in [3.8, 4) is 11.5 Å². The fraction of sp³-hybridized carbons (Fsp3) is 0.389. The highest BCUT2D eigenvalue weighted by Gasteiger charge is 2.30. The van der Waals surface area contributed by atoms with Crippen molar-refractivity contribution in [3.63, 3.8) is 0 Å². The zero-order chi connectivity index (χ0) is 18.6. The summed E-state index contributed by atoms with van der Waals surface area (Å²) in [6.45, 7) is 0.651. The van der Waals surface area contributed by atoms with Crippen molar-refractivity contribution in [2.75, 3.05) is 11.9 Å². The summed E-state index contributed by atoms with van der Waals surface area (Å²) in [5, 5.41) is 11.2. The molecule has 1 atom stereocenters. The van der Waals surface area contributed by atoms with Crippen LogP contribution in [0, 0.1) is 0 Å². The van der Waals surface area contributed by atoms with E-state index in [-0.39, 0.29) is 12.1 Å². The number of rotatable bonds is 3. The summed E-state index contributed by atoms with van der Waals surface area (Å²) in [5.41, 5.74) is 1.47. The molecule has 0 aliphatic carbocycles. The van der Waals surface area contributed by atoms with E-state index in [4.69, 9.17) is 4.52 Å². The van der Waals surface area contributed by atoms with Gasteiger partial charge in [0.15, 0.2) is 5.82 Å². The molecule has 0 aromatic carbocycles. The first-order chi connectivity index (χ1) is 13.2. The zero-order valence-corrected chi connectivity index (χ0v) is 15.1. The van der Waals surface area contributed by atoms with E-state index in [0.29, 0.717) is 23.9 Å². The third kappa shape index (κ3) is 3.81. The van der Waals surface area contributed by atoms with Crippen molar-refractivity contribution >= 4 is 11.7 Å². The smallest absolute Gasteiger partial charge is 0.322 e. The van der Waals surface area contributed by atoms with Crippen LogP contribution in [0.5, 0.6) is 0 Å². The molecule has 1 aliphatic rings. The number of carbonyl (C=O) groups excluding carboxylic acids is 1. The summed E-state index contributed by atoms with van der Waals surface area (Å²) in [6, 6.07) is 3.14. The van der Waals surface area contributed by atoms with Gasteiger partial charge in [-0.1, -0.05) is 18.0 Å². The van der Waals surface area contributed by atoms with Gasteiger partial charge in [-0.15, -0.1) is 0 Å². The summed E-state index contributed by atoms with van der Waals surface area (Å²) >= 11 is 0. The lowest BCUT2D eigenvalue weighted by molar-refractivity contribution is 0.185. The molecule has 1 N–H and O–H groups in total. The summed E-state index contributed by atoms with van der Waals surface area (Å²) in [6.07, 6.45) is 10.6. The topological polar surface area (TPSA) is 102 Å². The number of aryl methyl sites for hydroxylation is 1. The molecule has 9 heteroatoms. The van der Waals surface area contributed by atoms with Crippen LogP contribution < -0.4 is 5.32 Å². The predicted octanol–water partition coefficient (Wildman–Crippen LogP) is 3.01. The Morgan fingerprint density at radius 3 is 2.89 bits per heavy atom. The van der Waals surface area contributed by atoms with Crippen molar-refractivity contribution < 1.29 is 9.32 Å². The molecule has 3 aromatic heterocycles. The van der Waals surface area contributed by atoms with Gasteiger partial charge < -0.3 is 14.7 Å². The van der Waals surface area contributed by atoms with Gasteiger partial charge in [-0.05, 0) is 25.0 Å². The molecule has 27 heavy (non-hydrogen) atoms. The number of likely N-dealkylation sites (tertiary alicyclic amines) is 1. The van der Waals surface area contributed by atoms with Crippen LogP contribution in [0.4, 0.5) is 10.5 Å². The molecule has 0 radical (unpaired) electrons. The van der Waals surface area contributed by atoms with Crippen molar-refractivity contribution in [3.05, 3.63) is 42.7 Å². The molecule has 4 heterocycles. The van der Waals surface area contributed by atoms with E-state index in [2.05, 4.69) is 25.5 Å². The van der Waals surface area contributed by atoms with E-state index in [1.807, 2.05) is 13.2 Å². The quantitative estimate of drug-likeness (QED) is 0.763. The number of anilines is 1. The molecular weight excluding hydrogens is 346 g/mol. The summed E-state index contributed by atoms with van der Waals surface area (Å²) in [4.78, 5) is 23.2. The lowest BCUT2D eigenvalue weighted by atomic mass is 10.1. The predicted molar refractivity (Wildman–Crippen MR) is 97.7 cm³/mol. The van der Waals surface area contributed by atoms with Crippen LogP contribution in [0.1, 0.15) is 37.5 Å². The van der Waals surface area contributed by atoms with E-state index in [1.165, 1.54) is 0 Å². The maximum Gasteiger partial charge on any atom is 0.322 e. The van der Waals surface area contributed by atoms with Gasteiger partial charge in [-0.25, -0.2) is 4.79 Å². The zero-order valence-electron chi connectivity index (χ0n) is 15.1. The average molecular weight is 367 g/mol. The van der Waals surface area contributed by atoms with Crippen LogP contribution >= 0.6 is 0 Å². The largest absolute Gasteiger partial charge is 0.334 e. The summed E-state index contributed by atoms with van der Waals surface area (Å²) < 4.78 is 7.10. The van der Waals surface area contributed by atoms with E-state index in [9.17, 15) is 4.79 Å². The molecule has 2 amide bonds. The molecule has 140 valence electrons. The van der Waals surface area contributed by atoms with Gasteiger partial charge in [0.2, 0.25) is 0 Å². The Kier molecular flexibility index (Phi) is 4.82. The molecule has 0 spiro atoms. The Bertz CT molecular complexity index is 905. The minimum Gasteiger partial charge on any atom is -0.334 e. The molecule has 0 saturated carbocycles. The van der Waals surface area contributed by atoms with Crippen LogP contribution in [-0.4, -0.2) is 42.4 Å². The van der Waals surface area contributed by atoms with Crippen molar-refractivity contribution in [1.29, 1.82) is 0 Å². The number of amides is 2. The first kappa shape index (κ1) is 17.2. The molecule has 1 saturated heterocycles. The Morgan fingerprint density at radius 1 is 1.26 bits per heavy atom. The number of nitrogens with zero attached hydrogens (tertiary/aromatic N) is 6. The molecule has 4 rings (SSSR count). The van der Waals surface area contributed by atoms with Gasteiger partial charge >= 0.3 is 6.03 Å². The van der Waals surface area contributed by atoms with Gasteiger partial charge in [-0.3, -0.25) is 9.67 Å². The van der Waals surface area contributed by atoms with Crippen molar-refractivity contribution in [2.45, 2.75) is 31.7 Å². The van der Waals surface area contributed by atoms with Gasteiger partial charge in [0.05, 0.1) is 17.8 Å². The fourth-order valence-corrected chi connectivity index (χ4v) is 3.27. The van der Waals surface area contributed by atoms with Gasteiger partial charge in [0, 0.05) is 37.9 Å². The number of pyridine rings is 1. The maximum atomic E-state index is 12.9. The normalized spacial score (nSPS) is 17.5. The third-order valence-electron chi connectivity index (χ3n) is 4.64. The fourth-order valence-electron chi connectivity index (χ4n) is 3.27. The Labute approximate surface area is 156 Å². The Hall–Kier alpha value is -3.23. The molecule has 1 unspecified atom stereocenters. The number of hydrogen-bond donors (Lipinski definition) is 1. The lowest BCUT2D eigenvalue weighted by Crippen LogP contribution is -2.38. The average Bonchev–Trinajstić information content (AvgIpc) is 3.25. The second-order valence-corrected chi connectivity index (χ2v) is 6.58. The number of nitrogens with one attached hydrogen (secondary N) is 1. The Balaban J connectivity index is 1.57. The second kappa shape index (κ2) is 7.56. The van der Waals surface area contributed by atoms with Crippen molar-refractivity contribution in [1.82, 2.24) is 29.8 Å². The standard InChI is InChI=1S/C18H21N7O2/c1-24-12-13(11-20-24)17-22-16(23-27-17)15-5-3-2-4-10-25(15)18(26)21-14-6-8-19-9-7-14/h6-9,11-12,15H,2-5,10H2,1H3,(H,19,21,26). The SMILES string of the molecule is Cn1cc(-c2nc(C3CCCCCN3C(=O)Nc3ccncc3)no2)cn1.